The van der Waals surface area contributed by atoms with Crippen LogP contribution in [0.2, 0.25) is 5.02 Å². The predicted molar refractivity (Wildman–Crippen MR) is 76.4 cm³/mol. The number of carbonyl (C=O) groups excluding carboxylic acids is 2. The highest BCUT2D eigenvalue weighted by atomic mass is 35.5. The lowest BCUT2D eigenvalue weighted by molar-refractivity contribution is -0.136. The largest absolute Gasteiger partial charge is 0.388 e. The number of benzene rings is 1. The molecule has 1 aliphatic carbocycles. The molecule has 0 radical (unpaired) electrons. The lowest BCUT2D eigenvalue weighted by Crippen LogP contribution is -2.45. The highest BCUT2D eigenvalue weighted by Crippen LogP contribution is 2.38. The highest BCUT2D eigenvalue weighted by Gasteiger charge is 2.40. The van der Waals surface area contributed by atoms with Crippen molar-refractivity contribution in [3.05, 3.63) is 29.3 Å². The molecule has 20 heavy (non-hydrogen) atoms. The van der Waals surface area contributed by atoms with Crippen LogP contribution in [0.4, 0.5) is 5.69 Å². The zero-order valence-electron chi connectivity index (χ0n) is 11.1. The van der Waals surface area contributed by atoms with Crippen LogP contribution >= 0.6 is 11.6 Å². The fourth-order valence-corrected chi connectivity index (χ4v) is 2.04. The van der Waals surface area contributed by atoms with E-state index in [4.69, 9.17) is 11.6 Å². The monoisotopic (exact) mass is 296 g/mol. The Bertz CT molecular complexity index is 510. The first-order chi connectivity index (χ1) is 9.38. The van der Waals surface area contributed by atoms with Crippen molar-refractivity contribution in [3.8, 4) is 0 Å². The summed E-state index contributed by atoms with van der Waals surface area (Å²) in [5.74, 6) is -1.32. The minimum Gasteiger partial charge on any atom is -0.388 e. The summed E-state index contributed by atoms with van der Waals surface area (Å²) in [4.78, 5) is 23.3. The summed E-state index contributed by atoms with van der Waals surface area (Å²) in [6.45, 7) is 1.74. The number of anilines is 1. The number of hydrogen-bond donors (Lipinski definition) is 3. The Hall–Kier alpha value is -1.59. The van der Waals surface area contributed by atoms with Crippen LogP contribution in [0.15, 0.2) is 24.3 Å². The first kappa shape index (κ1) is 14.8. The minimum absolute atomic E-state index is 0.0739. The first-order valence-corrected chi connectivity index (χ1v) is 6.83. The van der Waals surface area contributed by atoms with E-state index >= 15 is 0 Å². The minimum atomic E-state index is -0.948. The zero-order valence-corrected chi connectivity index (χ0v) is 11.9. The highest BCUT2D eigenvalue weighted by molar-refractivity contribution is 6.39. The van der Waals surface area contributed by atoms with Crippen molar-refractivity contribution >= 4 is 29.1 Å². The van der Waals surface area contributed by atoms with E-state index in [1.807, 2.05) is 0 Å². The molecule has 6 heteroatoms. The normalized spacial score (nSPS) is 17.1. The van der Waals surface area contributed by atoms with E-state index < -0.39 is 17.4 Å². The number of halogens is 1. The number of hydrogen-bond acceptors (Lipinski definition) is 3. The fourth-order valence-electron chi connectivity index (χ4n) is 1.91. The maximum atomic E-state index is 11.7. The van der Waals surface area contributed by atoms with Crippen LogP contribution in [0.1, 0.15) is 19.8 Å². The third-order valence-electron chi connectivity index (χ3n) is 3.37. The van der Waals surface area contributed by atoms with Gasteiger partial charge < -0.3 is 15.7 Å². The molecule has 1 atom stereocenters. The van der Waals surface area contributed by atoms with E-state index in [1.165, 1.54) is 0 Å². The van der Waals surface area contributed by atoms with E-state index in [0.717, 1.165) is 12.8 Å². The van der Waals surface area contributed by atoms with Gasteiger partial charge >= 0.3 is 11.8 Å². The molecule has 0 aromatic heterocycles. The Morgan fingerprint density at radius 2 is 1.90 bits per heavy atom. The van der Waals surface area contributed by atoms with Crippen molar-refractivity contribution in [3.63, 3.8) is 0 Å². The van der Waals surface area contributed by atoms with Crippen LogP contribution in [-0.4, -0.2) is 29.1 Å². The molecule has 1 unspecified atom stereocenters. The van der Waals surface area contributed by atoms with Crippen LogP contribution in [0, 0.1) is 5.92 Å². The van der Waals surface area contributed by atoms with Gasteiger partial charge in [-0.1, -0.05) is 11.6 Å². The van der Waals surface area contributed by atoms with Crippen molar-refractivity contribution in [1.82, 2.24) is 5.32 Å². The molecule has 5 nitrogen and oxygen atoms in total. The second-order valence-electron chi connectivity index (χ2n) is 5.28. The van der Waals surface area contributed by atoms with Gasteiger partial charge in [0.15, 0.2) is 0 Å². The number of rotatable bonds is 4. The molecule has 0 bridgehead atoms. The Labute approximate surface area is 122 Å². The summed E-state index contributed by atoms with van der Waals surface area (Å²) >= 11 is 5.73. The van der Waals surface area contributed by atoms with Gasteiger partial charge in [0.05, 0.1) is 5.60 Å². The maximum Gasteiger partial charge on any atom is 0.313 e. The molecule has 0 aliphatic heterocycles. The average Bonchev–Trinajstić information content (AvgIpc) is 3.23. The van der Waals surface area contributed by atoms with Crippen molar-refractivity contribution in [1.29, 1.82) is 0 Å². The lowest BCUT2D eigenvalue weighted by atomic mass is 10.0. The number of aliphatic hydroxyl groups is 1. The number of nitrogens with one attached hydrogen (secondary N) is 2. The third kappa shape index (κ3) is 3.95. The first-order valence-electron chi connectivity index (χ1n) is 6.45. The molecule has 3 N–H and O–H groups in total. The van der Waals surface area contributed by atoms with Gasteiger partial charge in [-0.3, -0.25) is 9.59 Å². The SMILES string of the molecule is CC(O)(CNC(=O)C(=O)Nc1ccc(Cl)cc1)C1CC1. The Morgan fingerprint density at radius 1 is 1.30 bits per heavy atom. The van der Waals surface area contributed by atoms with Crippen LogP contribution in [0.5, 0.6) is 0 Å². The van der Waals surface area contributed by atoms with Gasteiger partial charge in [0, 0.05) is 17.3 Å². The van der Waals surface area contributed by atoms with Gasteiger partial charge in [0.2, 0.25) is 0 Å². The van der Waals surface area contributed by atoms with E-state index in [9.17, 15) is 14.7 Å². The summed E-state index contributed by atoms with van der Waals surface area (Å²) in [7, 11) is 0. The molecule has 0 heterocycles. The second-order valence-corrected chi connectivity index (χ2v) is 5.71. The summed E-state index contributed by atoms with van der Waals surface area (Å²) < 4.78 is 0. The van der Waals surface area contributed by atoms with E-state index in [0.29, 0.717) is 10.7 Å². The summed E-state index contributed by atoms with van der Waals surface area (Å²) in [5, 5.41) is 15.5. The Kier molecular flexibility index (Phi) is 4.30. The van der Waals surface area contributed by atoms with Crippen molar-refractivity contribution in [2.75, 3.05) is 11.9 Å². The van der Waals surface area contributed by atoms with E-state index in [1.54, 1.807) is 31.2 Å². The van der Waals surface area contributed by atoms with Crippen LogP contribution < -0.4 is 10.6 Å². The molecule has 108 valence electrons. The second kappa shape index (κ2) is 5.81. The third-order valence-corrected chi connectivity index (χ3v) is 3.62. The quantitative estimate of drug-likeness (QED) is 0.738. The molecule has 1 fully saturated rings. The molecule has 1 aliphatic rings. The molecule has 2 rings (SSSR count). The zero-order chi connectivity index (χ0) is 14.8. The van der Waals surface area contributed by atoms with E-state index in [2.05, 4.69) is 10.6 Å². The fraction of sp³-hybridized carbons (Fsp3) is 0.429. The molecule has 1 aromatic carbocycles. The molecule has 1 aromatic rings. The average molecular weight is 297 g/mol. The van der Waals surface area contributed by atoms with Gasteiger partial charge in [0.1, 0.15) is 0 Å². The van der Waals surface area contributed by atoms with E-state index in [-0.39, 0.29) is 12.5 Å². The summed E-state index contributed by atoms with van der Waals surface area (Å²) in [6.07, 6.45) is 1.92. The molecular weight excluding hydrogens is 280 g/mol. The van der Waals surface area contributed by atoms with Gasteiger partial charge in [-0.05, 0) is 49.9 Å². The summed E-state index contributed by atoms with van der Waals surface area (Å²) in [5.41, 5.74) is -0.459. The van der Waals surface area contributed by atoms with Gasteiger partial charge in [-0.15, -0.1) is 0 Å². The molecular formula is C14H17ClN2O3. The topological polar surface area (TPSA) is 78.4 Å². The Balaban J connectivity index is 1.82. The maximum absolute atomic E-state index is 11.7. The van der Waals surface area contributed by atoms with Crippen LogP contribution in [0.25, 0.3) is 0 Å². The number of amides is 2. The predicted octanol–water partition coefficient (Wildman–Crippen LogP) is 1.56. The van der Waals surface area contributed by atoms with Crippen LogP contribution in [0.3, 0.4) is 0 Å². The standard InChI is InChI=1S/C14H17ClN2O3/c1-14(20,9-2-3-9)8-16-12(18)13(19)17-11-6-4-10(15)5-7-11/h4-7,9,20H,2-3,8H2,1H3,(H,16,18)(H,17,19). The smallest absolute Gasteiger partial charge is 0.313 e. The van der Waals surface area contributed by atoms with Gasteiger partial charge in [0.25, 0.3) is 0 Å². The van der Waals surface area contributed by atoms with Crippen LogP contribution in [-0.2, 0) is 9.59 Å². The van der Waals surface area contributed by atoms with Gasteiger partial charge in [-0.2, -0.15) is 0 Å². The van der Waals surface area contributed by atoms with Crippen molar-refractivity contribution < 1.29 is 14.7 Å². The van der Waals surface area contributed by atoms with Crippen molar-refractivity contribution in [2.24, 2.45) is 5.92 Å². The molecule has 0 spiro atoms. The molecule has 0 saturated heterocycles. The molecule has 1 saturated carbocycles. The van der Waals surface area contributed by atoms with Gasteiger partial charge in [-0.25, -0.2) is 0 Å². The lowest BCUT2D eigenvalue weighted by Gasteiger charge is -2.22. The summed E-state index contributed by atoms with van der Waals surface area (Å²) in [6, 6.07) is 6.45. The number of carbonyl (C=O) groups is 2. The molecule has 2 amide bonds. The Morgan fingerprint density at radius 3 is 2.45 bits per heavy atom. The van der Waals surface area contributed by atoms with Crippen molar-refractivity contribution in [2.45, 2.75) is 25.4 Å².